The number of ketones is 1. The van der Waals surface area contributed by atoms with Gasteiger partial charge >= 0.3 is 5.97 Å². The summed E-state index contributed by atoms with van der Waals surface area (Å²) in [6.45, 7) is 10.8. The maximum absolute atomic E-state index is 14.1. The van der Waals surface area contributed by atoms with E-state index in [-0.39, 0.29) is 29.6 Å². The Morgan fingerprint density at radius 1 is 0.800 bits per heavy atom. The van der Waals surface area contributed by atoms with Gasteiger partial charge in [-0.3, -0.25) is 9.59 Å². The van der Waals surface area contributed by atoms with E-state index in [0.29, 0.717) is 6.61 Å². The Morgan fingerprint density at radius 3 is 1.65 bits per heavy atom. The smallest absolute Gasteiger partial charge is 0.308 e. The van der Waals surface area contributed by atoms with E-state index >= 15 is 0 Å². The fourth-order valence-corrected chi connectivity index (χ4v) is 9.64. The van der Waals surface area contributed by atoms with Crippen LogP contribution in [0.1, 0.15) is 53.4 Å². The zero-order valence-corrected chi connectivity index (χ0v) is 26.8. The quantitative estimate of drug-likeness (QED) is 0.0965. The van der Waals surface area contributed by atoms with Crippen molar-refractivity contribution in [2.24, 2.45) is 0 Å². The van der Waals surface area contributed by atoms with Gasteiger partial charge in [0.25, 0.3) is 0 Å². The third-order valence-corrected chi connectivity index (χ3v) is 16.2. The zero-order chi connectivity index (χ0) is 29.2. The molecule has 0 aliphatic heterocycles. The van der Waals surface area contributed by atoms with Crippen LogP contribution in [0, 0.1) is 0 Å². The largest absolute Gasteiger partial charge is 0.466 e. The second kappa shape index (κ2) is 14.3. The van der Waals surface area contributed by atoms with Gasteiger partial charge in [0.15, 0.2) is 14.1 Å². The molecule has 40 heavy (non-hydrogen) atoms. The molecule has 0 amide bonds. The number of esters is 1. The molecular weight excluding hydrogens is 531 g/mol. The molecule has 4 nitrogen and oxygen atoms in total. The number of hydrogen-bond donors (Lipinski definition) is 0. The highest BCUT2D eigenvalue weighted by Crippen LogP contribution is 2.44. The van der Waals surface area contributed by atoms with Crippen molar-refractivity contribution >= 4 is 48.7 Å². The molecule has 0 aliphatic rings. The summed E-state index contributed by atoms with van der Waals surface area (Å²) in [5, 5.41) is 3.28. The Kier molecular flexibility index (Phi) is 11.3. The lowest BCUT2D eigenvalue weighted by atomic mass is 10.1. The molecule has 0 spiro atoms. The van der Waals surface area contributed by atoms with Crippen molar-refractivity contribution in [2.45, 2.75) is 77.6 Å². The van der Waals surface area contributed by atoms with Gasteiger partial charge in [-0.15, -0.1) is 0 Å². The summed E-state index contributed by atoms with van der Waals surface area (Å²) in [7, 11) is -2.26. The monoisotopic (exact) mass is 576 g/mol. The summed E-state index contributed by atoms with van der Waals surface area (Å²) in [5.41, 5.74) is 0. The lowest BCUT2D eigenvalue weighted by Gasteiger charge is -2.39. The summed E-state index contributed by atoms with van der Waals surface area (Å²) < 4.78 is 12.2. The second-order valence-electron chi connectivity index (χ2n) is 11.8. The molecule has 0 N–H and O–H groups in total. The van der Waals surface area contributed by atoms with Gasteiger partial charge in [-0.2, -0.15) is 0 Å². The van der Waals surface area contributed by atoms with Gasteiger partial charge in [0, 0.05) is 6.42 Å². The molecule has 0 radical (unpaired) electrons. The molecule has 3 rings (SSSR count). The number of rotatable bonds is 13. The highest BCUT2D eigenvalue weighted by atomic mass is 31.2. The summed E-state index contributed by atoms with van der Waals surface area (Å²) in [5.74, 6) is 1.62. The van der Waals surface area contributed by atoms with Crippen molar-refractivity contribution < 1.29 is 18.8 Å². The van der Waals surface area contributed by atoms with Crippen molar-refractivity contribution in [3.05, 3.63) is 91.0 Å². The molecule has 0 aromatic heterocycles. The van der Waals surface area contributed by atoms with Crippen LogP contribution in [0.25, 0.3) is 0 Å². The first-order chi connectivity index (χ1) is 19.0. The third kappa shape index (κ3) is 8.16. The average Bonchev–Trinajstić information content (AvgIpc) is 2.92. The maximum atomic E-state index is 14.1. The number of carbonyl (C=O) groups excluding carboxylic acids is 2. The second-order valence-corrected chi connectivity index (χ2v) is 19.8. The minimum Gasteiger partial charge on any atom is -0.466 e. The van der Waals surface area contributed by atoms with Gasteiger partial charge < -0.3 is 9.16 Å². The SMILES string of the molecule is CCCCOC(=O)C[C@@H](CC(=O)C=P(c1ccccc1)(c1ccccc1)c1ccccc1)O[Si](C)(C)C(C)(C)C. The van der Waals surface area contributed by atoms with Gasteiger partial charge in [-0.1, -0.05) is 125 Å². The van der Waals surface area contributed by atoms with Crippen LogP contribution in [0.3, 0.4) is 0 Å². The number of hydrogen-bond acceptors (Lipinski definition) is 4. The minimum atomic E-state index is -2.44. The standard InChI is InChI=1S/C34H45O4PSi/c1-7-8-24-37-33(36)26-29(38-40(5,6)34(2,3)4)25-28(35)27-39(30-18-12-9-13-19-30,31-20-14-10-15-21-31)32-22-16-11-17-23-32/h9-23,27,29H,7-8,24-26H2,1-6H3/t29-/m1/s1. The molecule has 0 saturated heterocycles. The van der Waals surface area contributed by atoms with Crippen LogP contribution in [0.15, 0.2) is 91.0 Å². The van der Waals surface area contributed by atoms with E-state index in [1.165, 1.54) is 0 Å². The molecule has 0 fully saturated rings. The summed E-state index contributed by atoms with van der Waals surface area (Å²) in [6, 6.07) is 30.9. The number of ether oxygens (including phenoxy) is 1. The van der Waals surface area contributed by atoms with E-state index in [4.69, 9.17) is 9.16 Å². The number of benzene rings is 3. The van der Waals surface area contributed by atoms with E-state index in [1.54, 1.807) is 0 Å². The van der Waals surface area contributed by atoms with Crippen LogP contribution in [0.5, 0.6) is 0 Å². The molecule has 6 heteroatoms. The van der Waals surface area contributed by atoms with Crippen molar-refractivity contribution in [2.75, 3.05) is 6.61 Å². The predicted octanol–water partition coefficient (Wildman–Crippen LogP) is 6.87. The van der Waals surface area contributed by atoms with Gasteiger partial charge in [-0.25, -0.2) is 0 Å². The molecule has 0 aliphatic carbocycles. The minimum absolute atomic E-state index is 0.0186. The Balaban J connectivity index is 2.09. The molecule has 3 aromatic rings. The normalized spacial score (nSPS) is 12.9. The van der Waals surface area contributed by atoms with Gasteiger partial charge in [-0.05, 0) is 53.1 Å². The summed E-state index contributed by atoms with van der Waals surface area (Å²) >= 11 is 0. The topological polar surface area (TPSA) is 52.6 Å². The number of unbranched alkanes of at least 4 members (excludes halogenated alkanes) is 1. The molecular formula is C34H45O4PSi. The Hall–Kier alpha value is -2.72. The fourth-order valence-electron chi connectivity index (χ4n) is 4.48. The number of Topliss-reactive ketones (excluding diaryl/α,β-unsaturated/α-hetero) is 1. The van der Waals surface area contributed by atoms with Gasteiger partial charge in [0.1, 0.15) is 0 Å². The first-order valence-corrected chi connectivity index (χ1v) is 19.0. The van der Waals surface area contributed by atoms with Crippen LogP contribution in [0.4, 0.5) is 0 Å². The van der Waals surface area contributed by atoms with Crippen molar-refractivity contribution in [1.29, 1.82) is 0 Å². The number of carbonyl (C=O) groups is 2. The lowest BCUT2D eigenvalue weighted by Crippen LogP contribution is -2.45. The maximum Gasteiger partial charge on any atom is 0.308 e. The van der Waals surface area contributed by atoms with E-state index in [9.17, 15) is 9.59 Å². The first kappa shape index (κ1) is 31.8. The molecule has 3 aromatic carbocycles. The molecule has 1 atom stereocenters. The summed E-state index contributed by atoms with van der Waals surface area (Å²) in [4.78, 5) is 26.9. The van der Waals surface area contributed by atoms with Crippen LogP contribution >= 0.6 is 6.89 Å². The van der Waals surface area contributed by atoms with Crippen molar-refractivity contribution in [1.82, 2.24) is 0 Å². The molecule has 0 bridgehead atoms. The van der Waals surface area contributed by atoms with Crippen LogP contribution in [-0.4, -0.2) is 38.6 Å². The fraction of sp³-hybridized carbons (Fsp3) is 0.382. The molecule has 0 unspecified atom stereocenters. The highest BCUT2D eigenvalue weighted by Gasteiger charge is 2.40. The molecule has 0 heterocycles. The highest BCUT2D eigenvalue weighted by molar-refractivity contribution is 7.95. The Morgan fingerprint density at radius 2 is 1.25 bits per heavy atom. The van der Waals surface area contributed by atoms with Crippen LogP contribution in [0.2, 0.25) is 18.1 Å². The van der Waals surface area contributed by atoms with Gasteiger partial charge in [0.2, 0.25) is 0 Å². The van der Waals surface area contributed by atoms with Gasteiger partial charge in [0.05, 0.1) is 19.1 Å². The zero-order valence-electron chi connectivity index (χ0n) is 24.9. The van der Waals surface area contributed by atoms with Crippen molar-refractivity contribution in [3.63, 3.8) is 0 Å². The molecule has 0 saturated carbocycles. The summed E-state index contributed by atoms with van der Waals surface area (Å²) in [6.07, 6.45) is 1.44. The molecule has 214 valence electrons. The van der Waals surface area contributed by atoms with E-state index < -0.39 is 21.3 Å². The van der Waals surface area contributed by atoms with Crippen molar-refractivity contribution in [3.8, 4) is 0 Å². The Labute approximate surface area is 242 Å². The van der Waals surface area contributed by atoms with Crippen LogP contribution < -0.4 is 15.9 Å². The van der Waals surface area contributed by atoms with E-state index in [1.807, 2.05) is 60.4 Å². The Bertz CT molecular complexity index is 1180. The predicted molar refractivity (Wildman–Crippen MR) is 173 cm³/mol. The van der Waals surface area contributed by atoms with Crippen LogP contribution in [-0.2, 0) is 18.8 Å². The third-order valence-electron chi connectivity index (χ3n) is 7.68. The average molecular weight is 577 g/mol. The first-order valence-electron chi connectivity index (χ1n) is 14.3. The van der Waals surface area contributed by atoms with E-state index in [2.05, 4.69) is 77.2 Å². The lowest BCUT2D eigenvalue weighted by molar-refractivity contribution is -0.145. The van der Waals surface area contributed by atoms with E-state index in [0.717, 1.165) is 28.8 Å².